The highest BCUT2D eigenvalue weighted by Gasteiger charge is 2.22. The van der Waals surface area contributed by atoms with Gasteiger partial charge in [0.1, 0.15) is 5.75 Å². The van der Waals surface area contributed by atoms with E-state index in [-0.39, 0.29) is 0 Å². The summed E-state index contributed by atoms with van der Waals surface area (Å²) in [7, 11) is 1.71. The molecule has 0 spiro atoms. The van der Waals surface area contributed by atoms with E-state index in [4.69, 9.17) is 9.47 Å². The lowest BCUT2D eigenvalue weighted by Gasteiger charge is -2.34. The molecule has 1 heterocycles. The predicted octanol–water partition coefficient (Wildman–Crippen LogP) is 3.46. The molecule has 0 bridgehead atoms. The largest absolute Gasteiger partial charge is 0.499 e. The second-order valence-electron chi connectivity index (χ2n) is 4.86. The summed E-state index contributed by atoms with van der Waals surface area (Å²) < 4.78 is 10.8. The number of methoxy groups -OCH3 is 1. The summed E-state index contributed by atoms with van der Waals surface area (Å²) in [4.78, 5) is 2.40. The van der Waals surface area contributed by atoms with Gasteiger partial charge in [0.05, 0.1) is 19.5 Å². The number of hydrogen-bond donors (Lipinski definition) is 0. The topological polar surface area (TPSA) is 21.7 Å². The maximum absolute atomic E-state index is 5.53. The van der Waals surface area contributed by atoms with E-state index in [0.29, 0.717) is 5.92 Å². The summed E-state index contributed by atoms with van der Waals surface area (Å²) in [5.74, 6) is 2.37. The Kier molecular flexibility index (Phi) is 4.72. The lowest BCUT2D eigenvalue weighted by Crippen LogP contribution is -2.34. The molecular formula is C16H23NO2. The molecule has 3 heteroatoms. The average molecular weight is 261 g/mol. The molecule has 1 saturated heterocycles. The quantitative estimate of drug-likeness (QED) is 0.758. The van der Waals surface area contributed by atoms with Crippen molar-refractivity contribution in [2.45, 2.75) is 19.8 Å². The van der Waals surface area contributed by atoms with Gasteiger partial charge in [-0.1, -0.05) is 12.6 Å². The van der Waals surface area contributed by atoms with Gasteiger partial charge in [-0.25, -0.2) is 0 Å². The monoisotopic (exact) mass is 261 g/mol. The van der Waals surface area contributed by atoms with Crippen molar-refractivity contribution in [2.24, 2.45) is 5.92 Å². The summed E-state index contributed by atoms with van der Waals surface area (Å²) in [6.07, 6.45) is 2.21. The van der Waals surface area contributed by atoms with Crippen LogP contribution in [0.1, 0.15) is 19.8 Å². The lowest BCUT2D eigenvalue weighted by atomic mass is 9.95. The molecule has 104 valence electrons. The molecule has 0 N–H and O–H groups in total. The van der Waals surface area contributed by atoms with Crippen LogP contribution >= 0.6 is 0 Å². The molecule has 1 fully saturated rings. The first-order valence-electron chi connectivity index (χ1n) is 6.95. The Bertz CT molecular complexity index is 423. The smallest absolute Gasteiger partial charge is 0.120 e. The molecule has 0 aromatic heterocycles. The molecule has 0 atom stereocenters. The number of hydrogen-bond acceptors (Lipinski definition) is 3. The van der Waals surface area contributed by atoms with Crippen molar-refractivity contribution in [1.29, 1.82) is 0 Å². The highest BCUT2D eigenvalue weighted by molar-refractivity contribution is 5.51. The van der Waals surface area contributed by atoms with E-state index in [1.165, 1.54) is 5.69 Å². The van der Waals surface area contributed by atoms with Crippen LogP contribution in [0.3, 0.4) is 0 Å². The van der Waals surface area contributed by atoms with E-state index < -0.39 is 0 Å². The molecule has 0 saturated carbocycles. The van der Waals surface area contributed by atoms with Gasteiger partial charge in [-0.05, 0) is 31.9 Å². The van der Waals surface area contributed by atoms with Crippen LogP contribution in [0.5, 0.6) is 5.75 Å². The molecule has 1 aliphatic heterocycles. The molecule has 3 nitrogen and oxygen atoms in total. The first kappa shape index (κ1) is 13.8. The number of anilines is 1. The third-order valence-corrected chi connectivity index (χ3v) is 3.70. The van der Waals surface area contributed by atoms with Crippen molar-refractivity contribution >= 4 is 5.69 Å². The van der Waals surface area contributed by atoms with Crippen molar-refractivity contribution in [3.05, 3.63) is 36.6 Å². The van der Waals surface area contributed by atoms with E-state index in [2.05, 4.69) is 23.6 Å². The molecule has 0 unspecified atom stereocenters. The number of allylic oxidation sites excluding steroid dienone is 1. The van der Waals surface area contributed by atoms with Crippen molar-refractivity contribution < 1.29 is 9.47 Å². The zero-order valence-electron chi connectivity index (χ0n) is 11.9. The van der Waals surface area contributed by atoms with Crippen LogP contribution < -0.4 is 9.64 Å². The van der Waals surface area contributed by atoms with E-state index >= 15 is 0 Å². The maximum atomic E-state index is 5.53. The number of benzene rings is 1. The van der Waals surface area contributed by atoms with Gasteiger partial charge in [0, 0.05) is 30.8 Å². The highest BCUT2D eigenvalue weighted by Crippen LogP contribution is 2.29. The Labute approximate surface area is 115 Å². The van der Waals surface area contributed by atoms with Gasteiger partial charge in [-0.2, -0.15) is 0 Å². The number of nitrogens with zero attached hydrogens (tertiary/aromatic N) is 1. The SMILES string of the molecule is C=C(OCC)C1CCN(c2cccc(OC)c2)CC1. The summed E-state index contributed by atoms with van der Waals surface area (Å²) in [5.41, 5.74) is 1.24. The minimum Gasteiger partial charge on any atom is -0.499 e. The Balaban J connectivity index is 1.94. The van der Waals surface area contributed by atoms with Crippen LogP contribution in [0.4, 0.5) is 5.69 Å². The summed E-state index contributed by atoms with van der Waals surface area (Å²) in [6, 6.07) is 8.25. The molecule has 1 aliphatic rings. The van der Waals surface area contributed by atoms with Crippen LogP contribution in [0.15, 0.2) is 36.6 Å². The zero-order valence-corrected chi connectivity index (χ0v) is 11.9. The number of rotatable bonds is 5. The molecule has 1 aromatic rings. The fraction of sp³-hybridized carbons (Fsp3) is 0.500. The van der Waals surface area contributed by atoms with Gasteiger partial charge in [-0.3, -0.25) is 0 Å². The Morgan fingerprint density at radius 3 is 2.74 bits per heavy atom. The fourth-order valence-corrected chi connectivity index (χ4v) is 2.57. The van der Waals surface area contributed by atoms with E-state index in [1.807, 2.05) is 19.1 Å². The van der Waals surface area contributed by atoms with E-state index in [1.54, 1.807) is 7.11 Å². The normalized spacial score (nSPS) is 16.2. The second-order valence-corrected chi connectivity index (χ2v) is 4.86. The Morgan fingerprint density at radius 2 is 2.11 bits per heavy atom. The van der Waals surface area contributed by atoms with Crippen LogP contribution in [0.2, 0.25) is 0 Å². The van der Waals surface area contributed by atoms with Crippen LogP contribution in [0.25, 0.3) is 0 Å². The van der Waals surface area contributed by atoms with Crippen molar-refractivity contribution in [3.63, 3.8) is 0 Å². The molecule has 19 heavy (non-hydrogen) atoms. The predicted molar refractivity (Wildman–Crippen MR) is 78.7 cm³/mol. The van der Waals surface area contributed by atoms with Gasteiger partial charge in [-0.15, -0.1) is 0 Å². The van der Waals surface area contributed by atoms with Gasteiger partial charge in [0.25, 0.3) is 0 Å². The van der Waals surface area contributed by atoms with Gasteiger partial charge in [0.2, 0.25) is 0 Å². The van der Waals surface area contributed by atoms with Crippen LogP contribution in [-0.2, 0) is 4.74 Å². The molecular weight excluding hydrogens is 238 g/mol. The minimum absolute atomic E-state index is 0.502. The lowest BCUT2D eigenvalue weighted by molar-refractivity contribution is 0.180. The minimum atomic E-state index is 0.502. The Morgan fingerprint density at radius 1 is 1.37 bits per heavy atom. The molecule has 0 radical (unpaired) electrons. The molecule has 0 amide bonds. The zero-order chi connectivity index (χ0) is 13.7. The van der Waals surface area contributed by atoms with Gasteiger partial charge < -0.3 is 14.4 Å². The highest BCUT2D eigenvalue weighted by atomic mass is 16.5. The summed E-state index contributed by atoms with van der Waals surface area (Å²) >= 11 is 0. The van der Waals surface area contributed by atoms with Crippen molar-refractivity contribution in [3.8, 4) is 5.75 Å². The summed E-state index contributed by atoms with van der Waals surface area (Å²) in [6.45, 7) is 8.85. The van der Waals surface area contributed by atoms with Crippen LogP contribution in [0, 0.1) is 5.92 Å². The third-order valence-electron chi connectivity index (χ3n) is 3.70. The van der Waals surface area contributed by atoms with Crippen molar-refractivity contribution in [2.75, 3.05) is 31.7 Å². The fourth-order valence-electron chi connectivity index (χ4n) is 2.57. The van der Waals surface area contributed by atoms with Crippen LogP contribution in [-0.4, -0.2) is 26.8 Å². The second kappa shape index (κ2) is 6.50. The standard InChI is InChI=1S/C16H23NO2/c1-4-19-13(2)14-8-10-17(11-9-14)15-6-5-7-16(12-15)18-3/h5-7,12,14H,2,4,8-11H2,1,3H3. The number of piperidine rings is 1. The number of ether oxygens (including phenoxy) is 2. The maximum Gasteiger partial charge on any atom is 0.120 e. The Hall–Kier alpha value is -1.64. The van der Waals surface area contributed by atoms with E-state index in [9.17, 15) is 0 Å². The molecule has 1 aromatic carbocycles. The first-order valence-corrected chi connectivity index (χ1v) is 6.95. The van der Waals surface area contributed by atoms with Gasteiger partial charge >= 0.3 is 0 Å². The molecule has 2 rings (SSSR count). The third kappa shape index (κ3) is 3.43. The average Bonchev–Trinajstić information content (AvgIpc) is 2.48. The van der Waals surface area contributed by atoms with E-state index in [0.717, 1.165) is 44.0 Å². The van der Waals surface area contributed by atoms with Crippen molar-refractivity contribution in [1.82, 2.24) is 0 Å². The summed E-state index contributed by atoms with van der Waals surface area (Å²) in [5, 5.41) is 0. The van der Waals surface area contributed by atoms with Gasteiger partial charge in [0.15, 0.2) is 0 Å². The first-order chi connectivity index (χ1) is 9.24. The molecule has 0 aliphatic carbocycles.